The van der Waals surface area contributed by atoms with E-state index in [9.17, 15) is 10.1 Å². The normalized spacial score (nSPS) is 10.5. The molecule has 1 aromatic heterocycles. The van der Waals surface area contributed by atoms with Gasteiger partial charge < -0.3 is 0 Å². The molecule has 0 aliphatic heterocycles. The van der Waals surface area contributed by atoms with E-state index in [4.69, 9.17) is 0 Å². The minimum absolute atomic E-state index is 0.0898. The Kier molecular flexibility index (Phi) is 2.67. The topological polar surface area (TPSA) is 61.0 Å². The van der Waals surface area contributed by atoms with Crippen molar-refractivity contribution in [2.45, 2.75) is 20.8 Å². The number of hydrogen-bond acceptors (Lipinski definition) is 3. The minimum Gasteiger partial charge on any atom is -0.258 e. The van der Waals surface area contributed by atoms with Gasteiger partial charge in [0.2, 0.25) is 0 Å². The van der Waals surface area contributed by atoms with Crippen LogP contribution in [0.25, 0.3) is 5.69 Å². The maximum absolute atomic E-state index is 10.6. The second kappa shape index (κ2) is 4.01. The summed E-state index contributed by atoms with van der Waals surface area (Å²) in [6.07, 6.45) is 0. The van der Waals surface area contributed by atoms with Gasteiger partial charge in [-0.3, -0.25) is 10.1 Å². The van der Waals surface area contributed by atoms with Gasteiger partial charge in [0.15, 0.2) is 0 Å². The second-order valence-electron chi connectivity index (χ2n) is 3.98. The summed E-state index contributed by atoms with van der Waals surface area (Å²) in [5, 5.41) is 15.0. The van der Waals surface area contributed by atoms with Crippen LogP contribution in [0.3, 0.4) is 0 Å². The quantitative estimate of drug-likeness (QED) is 0.589. The lowest BCUT2D eigenvalue weighted by Gasteiger charge is -2.03. The monoisotopic (exact) mass is 231 g/mol. The van der Waals surface area contributed by atoms with Gasteiger partial charge in [-0.2, -0.15) is 5.10 Å². The molecule has 0 atom stereocenters. The predicted molar refractivity (Wildman–Crippen MR) is 64.4 cm³/mol. The summed E-state index contributed by atoms with van der Waals surface area (Å²) in [6, 6.07) is 6.39. The molecule has 5 nitrogen and oxygen atoms in total. The van der Waals surface area contributed by atoms with Gasteiger partial charge in [0, 0.05) is 17.8 Å². The molecule has 0 amide bonds. The fourth-order valence-corrected chi connectivity index (χ4v) is 1.69. The lowest BCUT2D eigenvalue weighted by Crippen LogP contribution is -1.99. The lowest BCUT2D eigenvalue weighted by molar-refractivity contribution is -0.384. The molecule has 0 fully saturated rings. The second-order valence-corrected chi connectivity index (χ2v) is 3.98. The molecule has 0 aliphatic rings. The van der Waals surface area contributed by atoms with E-state index in [1.54, 1.807) is 16.8 Å². The van der Waals surface area contributed by atoms with Crippen molar-refractivity contribution in [3.05, 3.63) is 51.3 Å². The Labute approximate surface area is 98.8 Å². The Morgan fingerprint density at radius 1 is 1.18 bits per heavy atom. The number of aryl methyl sites for hydroxylation is 1. The van der Waals surface area contributed by atoms with Gasteiger partial charge in [-0.25, -0.2) is 4.68 Å². The van der Waals surface area contributed by atoms with E-state index in [1.807, 2.05) is 20.8 Å². The summed E-state index contributed by atoms with van der Waals surface area (Å²) in [5.41, 5.74) is 4.09. The highest BCUT2D eigenvalue weighted by Gasteiger charge is 2.10. The van der Waals surface area contributed by atoms with Crippen molar-refractivity contribution in [1.29, 1.82) is 0 Å². The minimum atomic E-state index is -0.407. The number of hydrogen-bond donors (Lipinski definition) is 0. The zero-order chi connectivity index (χ0) is 12.6. The number of benzene rings is 1. The predicted octanol–water partition coefficient (Wildman–Crippen LogP) is 2.71. The summed E-state index contributed by atoms with van der Waals surface area (Å²) in [4.78, 5) is 10.2. The zero-order valence-corrected chi connectivity index (χ0v) is 9.97. The molecule has 0 radical (unpaired) electrons. The highest BCUT2D eigenvalue weighted by molar-refractivity contribution is 5.42. The van der Waals surface area contributed by atoms with Gasteiger partial charge >= 0.3 is 0 Å². The van der Waals surface area contributed by atoms with Crippen LogP contribution in [0, 0.1) is 30.9 Å². The van der Waals surface area contributed by atoms with Crippen LogP contribution < -0.4 is 0 Å². The number of nitrogens with zero attached hydrogens (tertiary/aromatic N) is 3. The first kappa shape index (κ1) is 11.3. The van der Waals surface area contributed by atoms with E-state index in [-0.39, 0.29) is 5.69 Å². The van der Waals surface area contributed by atoms with E-state index < -0.39 is 4.92 Å². The van der Waals surface area contributed by atoms with Gasteiger partial charge in [0.05, 0.1) is 16.3 Å². The Bertz CT molecular complexity index is 570. The molecule has 5 heteroatoms. The molecule has 0 bridgehead atoms. The molecule has 0 N–H and O–H groups in total. The molecular formula is C12H13N3O2. The molecule has 88 valence electrons. The number of aromatic nitrogens is 2. The third-order valence-electron chi connectivity index (χ3n) is 2.96. The van der Waals surface area contributed by atoms with E-state index in [0.717, 1.165) is 22.6 Å². The van der Waals surface area contributed by atoms with Crippen molar-refractivity contribution in [3.63, 3.8) is 0 Å². The molecule has 0 unspecified atom stereocenters. The standard InChI is InChI=1S/C12H13N3O2/c1-8-9(2)13-14(10(8)3)11-4-6-12(7-5-11)15(16)17/h4-7H,1-3H3. The average Bonchev–Trinajstić information content (AvgIpc) is 2.57. The molecule has 17 heavy (non-hydrogen) atoms. The van der Waals surface area contributed by atoms with Crippen molar-refractivity contribution in [2.24, 2.45) is 0 Å². The summed E-state index contributed by atoms with van der Waals surface area (Å²) < 4.78 is 1.80. The maximum Gasteiger partial charge on any atom is 0.269 e. The molecule has 2 rings (SSSR count). The molecule has 0 saturated carbocycles. The van der Waals surface area contributed by atoms with Crippen molar-refractivity contribution in [2.75, 3.05) is 0 Å². The first-order valence-electron chi connectivity index (χ1n) is 5.28. The van der Waals surface area contributed by atoms with Crippen LogP contribution in [0.1, 0.15) is 17.0 Å². The Balaban J connectivity index is 2.47. The van der Waals surface area contributed by atoms with E-state index >= 15 is 0 Å². The highest BCUT2D eigenvalue weighted by Crippen LogP contribution is 2.19. The molecule has 0 spiro atoms. The van der Waals surface area contributed by atoms with Gasteiger partial charge in [-0.15, -0.1) is 0 Å². The van der Waals surface area contributed by atoms with Crippen molar-refractivity contribution in [3.8, 4) is 5.69 Å². The third-order valence-corrected chi connectivity index (χ3v) is 2.96. The molecule has 0 saturated heterocycles. The Morgan fingerprint density at radius 3 is 2.18 bits per heavy atom. The summed E-state index contributed by atoms with van der Waals surface area (Å²) in [7, 11) is 0. The summed E-state index contributed by atoms with van der Waals surface area (Å²) in [5.74, 6) is 0. The van der Waals surface area contributed by atoms with E-state index in [0.29, 0.717) is 0 Å². The summed E-state index contributed by atoms with van der Waals surface area (Å²) >= 11 is 0. The van der Waals surface area contributed by atoms with Crippen LogP contribution in [0.15, 0.2) is 24.3 Å². The van der Waals surface area contributed by atoms with Crippen LogP contribution in [0.4, 0.5) is 5.69 Å². The zero-order valence-electron chi connectivity index (χ0n) is 9.97. The van der Waals surface area contributed by atoms with E-state index in [1.165, 1.54) is 12.1 Å². The van der Waals surface area contributed by atoms with Gasteiger partial charge in [-0.1, -0.05) is 0 Å². The SMILES string of the molecule is Cc1nn(-c2ccc([N+](=O)[O-])cc2)c(C)c1C. The van der Waals surface area contributed by atoms with Crippen molar-refractivity contribution in [1.82, 2.24) is 9.78 Å². The first-order valence-corrected chi connectivity index (χ1v) is 5.28. The van der Waals surface area contributed by atoms with Gasteiger partial charge in [0.1, 0.15) is 0 Å². The van der Waals surface area contributed by atoms with Crippen molar-refractivity contribution >= 4 is 5.69 Å². The maximum atomic E-state index is 10.6. The molecular weight excluding hydrogens is 218 g/mol. The largest absolute Gasteiger partial charge is 0.269 e. The summed E-state index contributed by atoms with van der Waals surface area (Å²) in [6.45, 7) is 5.94. The number of rotatable bonds is 2. The lowest BCUT2D eigenvalue weighted by atomic mass is 10.2. The van der Waals surface area contributed by atoms with Crippen molar-refractivity contribution < 1.29 is 4.92 Å². The fraction of sp³-hybridized carbons (Fsp3) is 0.250. The van der Waals surface area contributed by atoms with E-state index in [2.05, 4.69) is 5.10 Å². The highest BCUT2D eigenvalue weighted by atomic mass is 16.6. The number of nitro groups is 1. The average molecular weight is 231 g/mol. The molecule has 2 aromatic rings. The molecule has 1 aromatic carbocycles. The first-order chi connectivity index (χ1) is 8.00. The van der Waals surface area contributed by atoms with Crippen LogP contribution in [0.2, 0.25) is 0 Å². The molecule has 0 aliphatic carbocycles. The fourth-order valence-electron chi connectivity index (χ4n) is 1.69. The van der Waals surface area contributed by atoms with Gasteiger partial charge in [-0.05, 0) is 38.5 Å². The van der Waals surface area contributed by atoms with Crippen LogP contribution in [0.5, 0.6) is 0 Å². The Morgan fingerprint density at radius 2 is 1.76 bits per heavy atom. The number of nitro benzene ring substituents is 1. The third kappa shape index (κ3) is 1.91. The molecule has 1 heterocycles. The van der Waals surface area contributed by atoms with Gasteiger partial charge in [0.25, 0.3) is 5.69 Å². The van der Waals surface area contributed by atoms with Crippen LogP contribution in [-0.2, 0) is 0 Å². The van der Waals surface area contributed by atoms with Crippen LogP contribution in [-0.4, -0.2) is 14.7 Å². The van der Waals surface area contributed by atoms with Crippen LogP contribution >= 0.6 is 0 Å². The number of non-ortho nitro benzene ring substituents is 1. The Hall–Kier alpha value is -2.17. The smallest absolute Gasteiger partial charge is 0.258 e.